The molecule has 0 spiro atoms. The number of nitrogens with one attached hydrogen (secondary N) is 1. The number of ether oxygens (including phenoxy) is 2. The first-order valence-corrected chi connectivity index (χ1v) is 13.7. The highest BCUT2D eigenvalue weighted by molar-refractivity contribution is 5.95. The predicted octanol–water partition coefficient (Wildman–Crippen LogP) is 3.83. The molecule has 0 unspecified atom stereocenters. The molecule has 8 nitrogen and oxygen atoms in total. The maximum absolute atomic E-state index is 13.8. The number of halogens is 4. The van der Waals surface area contributed by atoms with Gasteiger partial charge in [0.15, 0.2) is 5.82 Å². The fourth-order valence-electron chi connectivity index (χ4n) is 5.88. The molecule has 2 aromatic rings. The van der Waals surface area contributed by atoms with Crippen molar-refractivity contribution in [1.29, 1.82) is 0 Å². The van der Waals surface area contributed by atoms with Gasteiger partial charge in [-0.15, -0.1) is 0 Å². The minimum Gasteiger partial charge on any atom is -0.379 e. The molecular weight excluding hydrogens is 530 g/mol. The van der Waals surface area contributed by atoms with Gasteiger partial charge in [-0.25, -0.2) is 14.4 Å². The molecule has 4 heterocycles. The number of carbonyl (C=O) groups excluding carboxylic acids is 1. The smallest absolute Gasteiger partial charge is 0.379 e. The van der Waals surface area contributed by atoms with Gasteiger partial charge in [-0.05, 0) is 55.9 Å². The normalized spacial score (nSPS) is 22.4. The van der Waals surface area contributed by atoms with Gasteiger partial charge < -0.3 is 24.6 Å². The van der Waals surface area contributed by atoms with Gasteiger partial charge in [0, 0.05) is 57.5 Å². The molecule has 1 amide bonds. The minimum absolute atomic E-state index is 0.00331. The summed E-state index contributed by atoms with van der Waals surface area (Å²) < 4.78 is 64.8. The van der Waals surface area contributed by atoms with Crippen LogP contribution in [0.3, 0.4) is 0 Å². The summed E-state index contributed by atoms with van der Waals surface area (Å²) in [4.78, 5) is 25.7. The number of fused-ring (bicyclic) bond motifs is 1. The van der Waals surface area contributed by atoms with Crippen molar-refractivity contribution in [3.05, 3.63) is 52.0 Å². The molecule has 1 N–H and O–H groups in total. The molecule has 5 rings (SSSR count). The van der Waals surface area contributed by atoms with Crippen LogP contribution in [0, 0.1) is 6.92 Å². The molecule has 0 bridgehead atoms. The van der Waals surface area contributed by atoms with Gasteiger partial charge >= 0.3 is 6.18 Å². The average Bonchev–Trinajstić information content (AvgIpc) is 2.96. The summed E-state index contributed by atoms with van der Waals surface area (Å²) in [5.74, 6) is -0.0110. The molecule has 1 aromatic carbocycles. The fraction of sp³-hybridized carbons (Fsp3) is 0.607. The lowest BCUT2D eigenvalue weighted by molar-refractivity contribution is -0.137. The number of alkyl halides is 4. The third kappa shape index (κ3) is 6.08. The van der Waals surface area contributed by atoms with Crippen LogP contribution in [0.25, 0.3) is 0 Å². The highest BCUT2D eigenvalue weighted by Gasteiger charge is 2.34. The van der Waals surface area contributed by atoms with Crippen LogP contribution < -0.4 is 10.2 Å². The molecule has 2 saturated heterocycles. The quantitative estimate of drug-likeness (QED) is 0.534. The van der Waals surface area contributed by atoms with Crippen LogP contribution in [0.5, 0.6) is 0 Å². The molecule has 2 atom stereocenters. The number of nitrogens with zero attached hydrogens (tertiary/aromatic N) is 4. The van der Waals surface area contributed by atoms with Crippen LogP contribution in [0.2, 0.25) is 0 Å². The van der Waals surface area contributed by atoms with E-state index in [0.29, 0.717) is 56.2 Å². The molecule has 40 heavy (non-hydrogen) atoms. The van der Waals surface area contributed by atoms with Crippen LogP contribution in [-0.2, 0) is 35.3 Å². The number of likely N-dealkylation sites (tertiary alicyclic amines) is 1. The Kier molecular flexibility index (Phi) is 8.58. The van der Waals surface area contributed by atoms with Crippen molar-refractivity contribution in [1.82, 2.24) is 20.2 Å². The second-order valence-corrected chi connectivity index (χ2v) is 10.7. The van der Waals surface area contributed by atoms with Gasteiger partial charge in [-0.1, -0.05) is 6.07 Å². The van der Waals surface area contributed by atoms with Gasteiger partial charge in [-0.3, -0.25) is 4.79 Å². The third-order valence-electron chi connectivity index (χ3n) is 8.17. The first-order chi connectivity index (χ1) is 19.2. The first-order valence-electron chi connectivity index (χ1n) is 13.7. The maximum Gasteiger partial charge on any atom is 0.416 e. The van der Waals surface area contributed by atoms with Gasteiger partial charge in [0.2, 0.25) is 0 Å². The summed E-state index contributed by atoms with van der Waals surface area (Å²) in [5, 5.41) is 3.67. The van der Waals surface area contributed by atoms with Gasteiger partial charge in [-0.2, -0.15) is 13.2 Å². The Hall–Kier alpha value is -2.83. The average molecular weight is 566 g/mol. The van der Waals surface area contributed by atoms with Crippen LogP contribution in [-0.4, -0.2) is 78.9 Å². The molecule has 12 heteroatoms. The lowest BCUT2D eigenvalue weighted by Gasteiger charge is -2.38. The van der Waals surface area contributed by atoms with Crippen LogP contribution in [0.1, 0.15) is 57.8 Å². The van der Waals surface area contributed by atoms with E-state index in [9.17, 15) is 22.4 Å². The number of carbonyl (C=O) groups is 1. The molecule has 0 aliphatic carbocycles. The van der Waals surface area contributed by atoms with E-state index in [1.165, 1.54) is 6.07 Å². The molecule has 3 aliphatic heterocycles. The zero-order valence-corrected chi connectivity index (χ0v) is 22.8. The second-order valence-electron chi connectivity index (χ2n) is 10.7. The maximum atomic E-state index is 13.8. The predicted molar refractivity (Wildman–Crippen MR) is 140 cm³/mol. The summed E-state index contributed by atoms with van der Waals surface area (Å²) in [6.07, 6.45) is -1.54. The van der Waals surface area contributed by atoms with E-state index in [-0.39, 0.29) is 42.2 Å². The van der Waals surface area contributed by atoms with Crippen molar-refractivity contribution in [2.24, 2.45) is 0 Å². The number of benzene rings is 1. The van der Waals surface area contributed by atoms with Crippen molar-refractivity contribution in [3.8, 4) is 0 Å². The lowest BCUT2D eigenvalue weighted by Crippen LogP contribution is -2.54. The topological polar surface area (TPSA) is 79.8 Å². The molecule has 0 radical (unpaired) electrons. The standard InChI is InChI=1S/C28H35F4N5O3/c1-17-25(27(38)36-10-6-21(7-11-36)33-22-8-12-40-16-23(22)39-2)34-24(14-29)35-26(17)37-9-5-18-3-4-20(28(30,31)32)13-19(18)15-37/h3-4,13,21-23,33H,5-12,14-16H2,1-2H3/t22-,23+/m1/s1. The third-order valence-corrected chi connectivity index (χ3v) is 8.17. The number of amides is 1. The van der Waals surface area contributed by atoms with E-state index in [1.807, 2.05) is 4.90 Å². The number of anilines is 1. The van der Waals surface area contributed by atoms with Crippen LogP contribution in [0.15, 0.2) is 18.2 Å². The van der Waals surface area contributed by atoms with Crippen molar-refractivity contribution >= 4 is 11.7 Å². The molecular formula is C28H35F4N5O3. The molecule has 2 fully saturated rings. The van der Waals surface area contributed by atoms with Crippen molar-refractivity contribution in [2.45, 2.75) is 70.2 Å². The second kappa shape index (κ2) is 12.0. The number of hydrogen-bond acceptors (Lipinski definition) is 7. The molecule has 218 valence electrons. The molecule has 1 aromatic heterocycles. The summed E-state index contributed by atoms with van der Waals surface area (Å²) in [6.45, 7) is 3.74. The number of hydrogen-bond donors (Lipinski definition) is 1. The Bertz CT molecular complexity index is 1220. The number of aromatic nitrogens is 2. The fourth-order valence-corrected chi connectivity index (χ4v) is 5.88. The SMILES string of the molecule is CO[C@H]1COCC[C@H]1NC1CCN(C(=O)c2nc(CF)nc(N3CCc4ccc(C(F)(F)F)cc4C3)c2C)CC1. The van der Waals surface area contributed by atoms with Crippen molar-refractivity contribution in [3.63, 3.8) is 0 Å². The number of rotatable bonds is 6. The van der Waals surface area contributed by atoms with Gasteiger partial charge in [0.05, 0.1) is 18.3 Å². The van der Waals surface area contributed by atoms with Crippen molar-refractivity contribution < 1.29 is 31.8 Å². The summed E-state index contributed by atoms with van der Waals surface area (Å²) >= 11 is 0. The Morgan fingerprint density at radius 1 is 1.15 bits per heavy atom. The Labute approximate surface area is 231 Å². The monoisotopic (exact) mass is 565 g/mol. The Morgan fingerprint density at radius 3 is 2.62 bits per heavy atom. The molecule has 3 aliphatic rings. The first kappa shape index (κ1) is 28.7. The summed E-state index contributed by atoms with van der Waals surface area (Å²) in [5.41, 5.74) is 1.32. The van der Waals surface area contributed by atoms with Gasteiger partial charge in [0.25, 0.3) is 5.91 Å². The Morgan fingerprint density at radius 2 is 1.93 bits per heavy atom. The minimum atomic E-state index is -4.44. The number of methoxy groups -OCH3 is 1. The van der Waals surface area contributed by atoms with E-state index < -0.39 is 18.4 Å². The van der Waals surface area contributed by atoms with E-state index in [4.69, 9.17) is 9.47 Å². The van der Waals surface area contributed by atoms with Gasteiger partial charge in [0.1, 0.15) is 18.2 Å². The zero-order valence-electron chi connectivity index (χ0n) is 22.8. The number of piperidine rings is 1. The molecule has 0 saturated carbocycles. The highest BCUT2D eigenvalue weighted by Crippen LogP contribution is 2.34. The largest absolute Gasteiger partial charge is 0.416 e. The van der Waals surface area contributed by atoms with E-state index in [1.54, 1.807) is 18.9 Å². The van der Waals surface area contributed by atoms with E-state index in [2.05, 4.69) is 15.3 Å². The summed E-state index contributed by atoms with van der Waals surface area (Å²) in [7, 11) is 1.68. The van der Waals surface area contributed by atoms with Crippen LogP contribution >= 0.6 is 0 Å². The Balaban J connectivity index is 1.30. The summed E-state index contributed by atoms with van der Waals surface area (Å²) in [6, 6.07) is 4.21. The van der Waals surface area contributed by atoms with Crippen molar-refractivity contribution in [2.75, 3.05) is 44.9 Å². The zero-order chi connectivity index (χ0) is 28.4. The lowest BCUT2D eigenvalue weighted by atomic mass is 9.96. The van der Waals surface area contributed by atoms with E-state index >= 15 is 0 Å². The van der Waals surface area contributed by atoms with Crippen LogP contribution in [0.4, 0.5) is 23.4 Å². The van der Waals surface area contributed by atoms with E-state index in [0.717, 1.165) is 37.0 Å². The highest BCUT2D eigenvalue weighted by atomic mass is 19.4.